The van der Waals surface area contributed by atoms with Crippen LogP contribution in [-0.2, 0) is 9.53 Å². The smallest absolute Gasteiger partial charge is 0.254 e. The predicted octanol–water partition coefficient (Wildman–Crippen LogP) is 1.43. The molecule has 1 aromatic heterocycles. The fraction of sp³-hybridized carbons (Fsp3) is 0.286. The normalized spacial score (nSPS) is 17.8. The van der Waals surface area contributed by atoms with E-state index in [1.54, 1.807) is 6.20 Å². The topological polar surface area (TPSA) is 79.0 Å². The number of hydrogen-bond donors (Lipinski definition) is 3. The maximum absolute atomic E-state index is 12.1. The van der Waals surface area contributed by atoms with E-state index in [0.29, 0.717) is 13.2 Å². The molecule has 21 heavy (non-hydrogen) atoms. The summed E-state index contributed by atoms with van der Waals surface area (Å²) in [6.45, 7) is 1.90. The number of rotatable bonds is 3. The molecule has 2 aromatic rings. The van der Waals surface area contributed by atoms with Gasteiger partial charge in [0.15, 0.2) is 0 Å². The van der Waals surface area contributed by atoms with E-state index in [9.17, 15) is 4.79 Å². The van der Waals surface area contributed by atoms with E-state index >= 15 is 0 Å². The summed E-state index contributed by atoms with van der Waals surface area (Å²) in [7, 11) is 0. The number of anilines is 1. The molecule has 1 fully saturated rings. The average molecular weight is 309 g/mol. The lowest BCUT2D eigenvalue weighted by Crippen LogP contribution is -2.45. The first kappa shape index (κ1) is 15.5. The van der Waals surface area contributed by atoms with Crippen LogP contribution in [0.25, 0.3) is 11.3 Å². The first-order chi connectivity index (χ1) is 9.83. The van der Waals surface area contributed by atoms with Crippen LogP contribution in [0.1, 0.15) is 0 Å². The van der Waals surface area contributed by atoms with Gasteiger partial charge in [0.05, 0.1) is 12.3 Å². The number of H-pyrrole nitrogens is 1. The quantitative estimate of drug-likeness (QED) is 0.801. The Morgan fingerprint density at radius 2 is 2.29 bits per heavy atom. The van der Waals surface area contributed by atoms with Crippen molar-refractivity contribution >= 4 is 24.0 Å². The molecular formula is C14H17ClN4O2. The number of carbonyl (C=O) groups is 1. The summed E-state index contributed by atoms with van der Waals surface area (Å²) >= 11 is 0. The molecule has 112 valence electrons. The Morgan fingerprint density at radius 3 is 3.00 bits per heavy atom. The third kappa shape index (κ3) is 3.81. The highest BCUT2D eigenvalue weighted by molar-refractivity contribution is 5.95. The average Bonchev–Trinajstić information content (AvgIpc) is 3.03. The van der Waals surface area contributed by atoms with Crippen LogP contribution in [-0.4, -0.2) is 41.9 Å². The molecule has 1 amide bonds. The second-order valence-electron chi connectivity index (χ2n) is 4.60. The Kier molecular flexibility index (Phi) is 5.32. The van der Waals surface area contributed by atoms with Crippen LogP contribution in [0.5, 0.6) is 0 Å². The summed E-state index contributed by atoms with van der Waals surface area (Å²) in [5, 5.41) is 12.8. The number of carbonyl (C=O) groups excluding carboxylic acids is 1. The van der Waals surface area contributed by atoms with Crippen LogP contribution < -0.4 is 10.6 Å². The molecule has 0 aliphatic carbocycles. The first-order valence-electron chi connectivity index (χ1n) is 6.56. The number of benzene rings is 1. The number of halogens is 1. The molecule has 0 spiro atoms. The van der Waals surface area contributed by atoms with Gasteiger partial charge in [-0.25, -0.2) is 0 Å². The third-order valence-electron chi connectivity index (χ3n) is 3.16. The molecule has 0 radical (unpaired) electrons. The van der Waals surface area contributed by atoms with E-state index in [0.717, 1.165) is 23.5 Å². The summed E-state index contributed by atoms with van der Waals surface area (Å²) < 4.78 is 5.42. The second kappa shape index (κ2) is 7.21. The highest BCUT2D eigenvalue weighted by Crippen LogP contribution is 2.20. The number of amides is 1. The zero-order chi connectivity index (χ0) is 13.8. The Bertz CT molecular complexity index is 582. The SMILES string of the molecule is Cl.O=C(Nc1cccc(-c2ccn[nH]2)c1)C1CNCCO1. The highest BCUT2D eigenvalue weighted by atomic mass is 35.5. The Morgan fingerprint density at radius 1 is 1.38 bits per heavy atom. The molecule has 6 nitrogen and oxygen atoms in total. The molecule has 7 heteroatoms. The van der Waals surface area contributed by atoms with Crippen LogP contribution in [0.4, 0.5) is 5.69 Å². The number of aromatic nitrogens is 2. The van der Waals surface area contributed by atoms with Crippen LogP contribution in [0.2, 0.25) is 0 Å². The van der Waals surface area contributed by atoms with Crippen molar-refractivity contribution in [2.45, 2.75) is 6.10 Å². The maximum Gasteiger partial charge on any atom is 0.254 e. The monoisotopic (exact) mass is 308 g/mol. The molecule has 1 aliphatic heterocycles. The molecule has 1 aromatic carbocycles. The van der Waals surface area contributed by atoms with E-state index < -0.39 is 6.10 Å². The van der Waals surface area contributed by atoms with Crippen molar-refractivity contribution in [3.05, 3.63) is 36.5 Å². The minimum Gasteiger partial charge on any atom is -0.366 e. The molecule has 3 rings (SSSR count). The molecule has 0 saturated carbocycles. The van der Waals surface area contributed by atoms with Gasteiger partial charge in [-0.05, 0) is 18.2 Å². The predicted molar refractivity (Wildman–Crippen MR) is 82.5 cm³/mol. The van der Waals surface area contributed by atoms with Crippen LogP contribution >= 0.6 is 12.4 Å². The molecule has 1 aliphatic rings. The number of nitrogens with zero attached hydrogens (tertiary/aromatic N) is 1. The van der Waals surface area contributed by atoms with Crippen molar-refractivity contribution < 1.29 is 9.53 Å². The van der Waals surface area contributed by atoms with Gasteiger partial charge in [-0.3, -0.25) is 9.89 Å². The Labute approximate surface area is 128 Å². The summed E-state index contributed by atoms with van der Waals surface area (Å²) in [4.78, 5) is 12.1. The van der Waals surface area contributed by atoms with Gasteiger partial charge >= 0.3 is 0 Å². The molecule has 1 saturated heterocycles. The van der Waals surface area contributed by atoms with Gasteiger partial charge in [-0.2, -0.15) is 5.10 Å². The lowest BCUT2D eigenvalue weighted by molar-refractivity contribution is -0.128. The molecule has 0 bridgehead atoms. The lowest BCUT2D eigenvalue weighted by Gasteiger charge is -2.22. The van der Waals surface area contributed by atoms with Gasteiger partial charge in [-0.1, -0.05) is 12.1 Å². The summed E-state index contributed by atoms with van der Waals surface area (Å²) in [5.74, 6) is -0.126. The highest BCUT2D eigenvalue weighted by Gasteiger charge is 2.21. The number of hydrogen-bond acceptors (Lipinski definition) is 4. The third-order valence-corrected chi connectivity index (χ3v) is 3.16. The van der Waals surface area contributed by atoms with E-state index in [2.05, 4.69) is 20.8 Å². The van der Waals surface area contributed by atoms with E-state index in [1.165, 1.54) is 0 Å². The Balaban J connectivity index is 0.00000161. The van der Waals surface area contributed by atoms with E-state index in [-0.39, 0.29) is 18.3 Å². The maximum atomic E-state index is 12.1. The van der Waals surface area contributed by atoms with Gasteiger partial charge in [0, 0.05) is 30.5 Å². The Hall–Kier alpha value is -1.89. The van der Waals surface area contributed by atoms with Crippen molar-refractivity contribution in [3.63, 3.8) is 0 Å². The molecule has 2 heterocycles. The number of nitrogens with one attached hydrogen (secondary N) is 3. The van der Waals surface area contributed by atoms with Gasteiger partial charge < -0.3 is 15.4 Å². The number of aromatic amines is 1. The van der Waals surface area contributed by atoms with Crippen molar-refractivity contribution in [2.75, 3.05) is 25.0 Å². The molecule has 1 unspecified atom stereocenters. The van der Waals surface area contributed by atoms with Gasteiger partial charge in [0.2, 0.25) is 0 Å². The van der Waals surface area contributed by atoms with Gasteiger partial charge in [-0.15, -0.1) is 12.4 Å². The first-order valence-corrected chi connectivity index (χ1v) is 6.56. The fourth-order valence-electron chi connectivity index (χ4n) is 2.14. The number of morpholine rings is 1. The lowest BCUT2D eigenvalue weighted by atomic mass is 10.1. The zero-order valence-electron chi connectivity index (χ0n) is 11.3. The standard InChI is InChI=1S/C14H16N4O2.ClH/c19-14(13-9-15-6-7-20-13)17-11-3-1-2-10(8-11)12-4-5-16-18-12;/h1-5,8,13,15H,6-7,9H2,(H,16,18)(H,17,19);1H. The second-order valence-corrected chi connectivity index (χ2v) is 4.60. The minimum atomic E-state index is -0.431. The van der Waals surface area contributed by atoms with Crippen molar-refractivity contribution in [1.82, 2.24) is 15.5 Å². The molecule has 3 N–H and O–H groups in total. The van der Waals surface area contributed by atoms with Crippen LogP contribution in [0.3, 0.4) is 0 Å². The van der Waals surface area contributed by atoms with Gasteiger partial charge in [0.25, 0.3) is 5.91 Å². The molecule has 1 atom stereocenters. The van der Waals surface area contributed by atoms with Crippen molar-refractivity contribution in [3.8, 4) is 11.3 Å². The van der Waals surface area contributed by atoms with Gasteiger partial charge in [0.1, 0.15) is 6.10 Å². The molecular weight excluding hydrogens is 292 g/mol. The van der Waals surface area contributed by atoms with Crippen LogP contribution in [0.15, 0.2) is 36.5 Å². The summed E-state index contributed by atoms with van der Waals surface area (Å²) in [6, 6.07) is 9.50. The van der Waals surface area contributed by atoms with E-state index in [4.69, 9.17) is 4.74 Å². The van der Waals surface area contributed by atoms with Crippen LogP contribution in [0, 0.1) is 0 Å². The number of ether oxygens (including phenoxy) is 1. The summed E-state index contributed by atoms with van der Waals surface area (Å²) in [5.41, 5.74) is 2.64. The minimum absolute atomic E-state index is 0. The fourth-order valence-corrected chi connectivity index (χ4v) is 2.14. The zero-order valence-corrected chi connectivity index (χ0v) is 12.2. The largest absolute Gasteiger partial charge is 0.366 e. The van der Waals surface area contributed by atoms with E-state index in [1.807, 2.05) is 30.3 Å². The van der Waals surface area contributed by atoms with Crippen molar-refractivity contribution in [2.24, 2.45) is 0 Å². The summed E-state index contributed by atoms with van der Waals surface area (Å²) in [6.07, 6.45) is 1.27. The van der Waals surface area contributed by atoms with Crippen molar-refractivity contribution in [1.29, 1.82) is 0 Å².